The highest BCUT2D eigenvalue weighted by atomic mass is 31.2. The van der Waals surface area contributed by atoms with Crippen molar-refractivity contribution < 1.29 is 32.9 Å². The van der Waals surface area contributed by atoms with Crippen molar-refractivity contribution in [3.8, 4) is 0 Å². The maximum absolute atomic E-state index is 12.9. The van der Waals surface area contributed by atoms with Gasteiger partial charge in [-0.1, -0.05) is 229 Å². The summed E-state index contributed by atoms with van der Waals surface area (Å²) in [5, 5.41) is 13.8. The molecule has 8 nitrogen and oxygen atoms in total. The van der Waals surface area contributed by atoms with E-state index in [9.17, 15) is 19.4 Å². The molecule has 0 aliphatic heterocycles. The fraction of sp³-hybridized carbons (Fsp3) is 0.810. The van der Waals surface area contributed by atoms with Crippen LogP contribution in [0.5, 0.6) is 0 Å². The fourth-order valence-electron chi connectivity index (χ4n) is 7.98. The number of allylic oxidation sites excluding steroid dienone is 9. The molecule has 0 aromatic heterocycles. The summed E-state index contributed by atoms with van der Waals surface area (Å²) in [4.78, 5) is 25.4. The number of carbonyl (C=O) groups excluding carboxylic acids is 1. The van der Waals surface area contributed by atoms with Gasteiger partial charge >= 0.3 is 0 Å². The van der Waals surface area contributed by atoms with Crippen LogP contribution in [0.3, 0.4) is 0 Å². The molecule has 0 fully saturated rings. The van der Waals surface area contributed by atoms with Crippen LogP contribution in [0.1, 0.15) is 251 Å². The molecule has 1 amide bonds. The van der Waals surface area contributed by atoms with Gasteiger partial charge in [0.1, 0.15) is 13.2 Å². The second-order valence-corrected chi connectivity index (χ2v) is 21.7. The molecule has 392 valence electrons. The van der Waals surface area contributed by atoms with Crippen LogP contribution in [-0.4, -0.2) is 68.5 Å². The van der Waals surface area contributed by atoms with Crippen molar-refractivity contribution in [2.75, 3.05) is 40.9 Å². The molecule has 0 saturated heterocycles. The topological polar surface area (TPSA) is 108 Å². The van der Waals surface area contributed by atoms with Gasteiger partial charge < -0.3 is 28.8 Å². The zero-order valence-corrected chi connectivity index (χ0v) is 45.5. The Morgan fingerprint density at radius 2 is 0.881 bits per heavy atom. The monoisotopic (exact) mass is 961 g/mol. The second-order valence-electron chi connectivity index (χ2n) is 20.3. The number of rotatable bonds is 51. The summed E-state index contributed by atoms with van der Waals surface area (Å²) in [5.41, 5.74) is 0. The highest BCUT2D eigenvalue weighted by Crippen LogP contribution is 2.38. The predicted octanol–water partition coefficient (Wildman–Crippen LogP) is 16.3. The molecule has 0 rings (SSSR count). The van der Waals surface area contributed by atoms with Crippen molar-refractivity contribution in [1.29, 1.82) is 0 Å². The largest absolute Gasteiger partial charge is 0.756 e. The molecule has 3 atom stereocenters. The Hall–Kier alpha value is -1.80. The Morgan fingerprint density at radius 1 is 0.522 bits per heavy atom. The minimum atomic E-state index is -4.61. The van der Waals surface area contributed by atoms with E-state index in [1.54, 1.807) is 6.08 Å². The number of aliphatic hydroxyl groups is 1. The highest BCUT2D eigenvalue weighted by Gasteiger charge is 2.23. The van der Waals surface area contributed by atoms with Gasteiger partial charge in [-0.2, -0.15) is 0 Å². The van der Waals surface area contributed by atoms with Crippen LogP contribution in [0.4, 0.5) is 0 Å². The lowest BCUT2D eigenvalue weighted by Gasteiger charge is -2.29. The third kappa shape index (κ3) is 51.9. The Morgan fingerprint density at radius 3 is 1.30 bits per heavy atom. The van der Waals surface area contributed by atoms with Crippen molar-refractivity contribution in [1.82, 2.24) is 5.32 Å². The maximum atomic E-state index is 12.9. The molecule has 0 aliphatic rings. The quantitative estimate of drug-likeness (QED) is 0.0272. The number of likely N-dealkylation sites (N-methyl/N-ethyl adjacent to an activating group) is 1. The Bertz CT molecular complexity index is 1270. The lowest BCUT2D eigenvalue weighted by molar-refractivity contribution is -0.870. The molecular weight excluding hydrogens is 852 g/mol. The first-order valence-electron chi connectivity index (χ1n) is 28.2. The van der Waals surface area contributed by atoms with E-state index in [1.165, 1.54) is 180 Å². The van der Waals surface area contributed by atoms with E-state index in [0.29, 0.717) is 17.4 Å². The minimum absolute atomic E-state index is 0.0105. The summed E-state index contributed by atoms with van der Waals surface area (Å²) >= 11 is 0. The number of nitrogens with zero attached hydrogens (tertiary/aromatic N) is 1. The van der Waals surface area contributed by atoms with Gasteiger partial charge in [0.05, 0.1) is 39.9 Å². The number of hydrogen-bond donors (Lipinski definition) is 2. The maximum Gasteiger partial charge on any atom is 0.268 e. The summed E-state index contributed by atoms with van der Waals surface area (Å²) in [6.45, 7) is 4.62. The Labute approximate surface area is 415 Å². The van der Waals surface area contributed by atoms with Gasteiger partial charge in [0.2, 0.25) is 5.91 Å². The van der Waals surface area contributed by atoms with Crippen molar-refractivity contribution in [2.45, 2.75) is 264 Å². The van der Waals surface area contributed by atoms with E-state index in [0.717, 1.165) is 51.4 Å². The molecule has 0 aromatic rings. The third-order valence-electron chi connectivity index (χ3n) is 12.4. The van der Waals surface area contributed by atoms with E-state index in [4.69, 9.17) is 9.05 Å². The zero-order valence-electron chi connectivity index (χ0n) is 44.6. The van der Waals surface area contributed by atoms with Gasteiger partial charge in [-0.15, -0.1) is 0 Å². The molecule has 0 heterocycles. The molecule has 0 saturated carbocycles. The number of phosphoric ester groups is 1. The molecule has 0 aliphatic carbocycles. The minimum Gasteiger partial charge on any atom is -0.756 e. The van der Waals surface area contributed by atoms with Crippen molar-refractivity contribution >= 4 is 13.7 Å². The number of hydrogen-bond acceptors (Lipinski definition) is 6. The Kier molecular flexibility index (Phi) is 47.9. The van der Waals surface area contributed by atoms with Crippen molar-refractivity contribution in [3.63, 3.8) is 0 Å². The smallest absolute Gasteiger partial charge is 0.268 e. The van der Waals surface area contributed by atoms with Gasteiger partial charge in [-0.3, -0.25) is 9.36 Å². The fourth-order valence-corrected chi connectivity index (χ4v) is 8.70. The van der Waals surface area contributed by atoms with Gasteiger partial charge in [0, 0.05) is 6.42 Å². The molecule has 9 heteroatoms. The SMILES string of the molecule is CCCCCCCC/C=C/CC/C=C/CC/C=C/C(O)C(COP(=O)([O-])OCC[N+](C)(C)C)NC(=O)CCCCCCCCCCCCCCC/C=C\C/C=C\CCCCCCCCCCC. The van der Waals surface area contributed by atoms with E-state index < -0.39 is 26.6 Å². The summed E-state index contributed by atoms with van der Waals surface area (Å²) in [6, 6.07) is -0.912. The molecule has 0 aromatic carbocycles. The summed E-state index contributed by atoms with van der Waals surface area (Å²) in [6.07, 6.45) is 65.9. The van der Waals surface area contributed by atoms with E-state index in [1.807, 2.05) is 27.2 Å². The van der Waals surface area contributed by atoms with E-state index >= 15 is 0 Å². The number of aliphatic hydroxyl groups excluding tert-OH is 1. The standard InChI is InChI=1S/C58H109N2O6P/c1-6-8-10-12-14-16-18-20-22-24-25-26-27-28-29-30-31-32-33-34-35-36-38-40-42-44-46-48-50-52-58(62)59-56(55-66-67(63,64)65-54-53-60(3,4)5)57(61)51-49-47-45-43-41-39-37-23-21-19-17-15-13-11-9-7-2/h21,23,25-26,28-29,41,43,49,51,56-57,61H,6-20,22,24,27,30-40,42,44-48,50,52-55H2,1-5H3,(H-,59,62,63,64)/b23-21+,26-25-,29-28-,43-41+,51-49+. The molecule has 0 bridgehead atoms. The number of phosphoric acid groups is 1. The van der Waals surface area contributed by atoms with Crippen LogP contribution in [0.2, 0.25) is 0 Å². The number of nitrogens with one attached hydrogen (secondary N) is 1. The third-order valence-corrected chi connectivity index (χ3v) is 13.4. The first kappa shape index (κ1) is 65.2. The molecule has 3 unspecified atom stereocenters. The van der Waals surface area contributed by atoms with Gasteiger partial charge in [-0.25, -0.2) is 0 Å². The number of amides is 1. The van der Waals surface area contributed by atoms with Crippen LogP contribution in [-0.2, 0) is 18.4 Å². The predicted molar refractivity (Wildman–Crippen MR) is 288 cm³/mol. The summed E-state index contributed by atoms with van der Waals surface area (Å²) in [7, 11) is 1.23. The second kappa shape index (κ2) is 49.2. The van der Waals surface area contributed by atoms with E-state index in [-0.39, 0.29) is 12.5 Å². The zero-order chi connectivity index (χ0) is 49.2. The average molecular weight is 961 g/mol. The highest BCUT2D eigenvalue weighted by molar-refractivity contribution is 7.45. The molecule has 67 heavy (non-hydrogen) atoms. The van der Waals surface area contributed by atoms with Gasteiger partial charge in [0.25, 0.3) is 7.82 Å². The van der Waals surface area contributed by atoms with Crippen LogP contribution < -0.4 is 10.2 Å². The molecule has 0 radical (unpaired) electrons. The molecule has 2 N–H and O–H groups in total. The van der Waals surface area contributed by atoms with Crippen LogP contribution in [0, 0.1) is 0 Å². The van der Waals surface area contributed by atoms with Crippen molar-refractivity contribution in [2.24, 2.45) is 0 Å². The van der Waals surface area contributed by atoms with Crippen molar-refractivity contribution in [3.05, 3.63) is 60.8 Å². The lowest BCUT2D eigenvalue weighted by atomic mass is 10.0. The summed E-state index contributed by atoms with van der Waals surface area (Å²) < 4.78 is 23.3. The van der Waals surface area contributed by atoms with Gasteiger partial charge in [-0.05, 0) is 77.0 Å². The lowest BCUT2D eigenvalue weighted by Crippen LogP contribution is -2.45. The summed E-state index contributed by atoms with van der Waals surface area (Å²) in [5.74, 6) is -0.212. The first-order chi connectivity index (χ1) is 32.5. The average Bonchev–Trinajstić information content (AvgIpc) is 3.29. The normalized spacial score (nSPS) is 14.4. The molecular formula is C58H109N2O6P. The molecule has 0 spiro atoms. The van der Waals surface area contributed by atoms with Crippen LogP contribution >= 0.6 is 7.82 Å². The van der Waals surface area contributed by atoms with Crippen LogP contribution in [0.25, 0.3) is 0 Å². The van der Waals surface area contributed by atoms with E-state index in [2.05, 4.69) is 67.8 Å². The Balaban J connectivity index is 4.20. The number of unbranched alkanes of at least 4 members (excludes halogenated alkanes) is 30. The first-order valence-corrected chi connectivity index (χ1v) is 29.6. The van der Waals surface area contributed by atoms with Crippen LogP contribution in [0.15, 0.2) is 60.8 Å². The number of quaternary nitrogens is 1. The van der Waals surface area contributed by atoms with Gasteiger partial charge in [0.15, 0.2) is 0 Å². The number of carbonyl (C=O) groups is 1.